The molecule has 0 saturated carbocycles. The van der Waals surface area contributed by atoms with Gasteiger partial charge < -0.3 is 30.5 Å². The molecule has 0 aliphatic carbocycles. The molecular weight excluding hydrogens is 883 g/mol. The van der Waals surface area contributed by atoms with E-state index in [4.69, 9.17) is 27.9 Å². The van der Waals surface area contributed by atoms with Gasteiger partial charge in [-0.15, -0.1) is 0 Å². The molecule has 1 unspecified atom stereocenters. The molecule has 4 N–H and O–H groups in total. The van der Waals surface area contributed by atoms with E-state index in [2.05, 4.69) is 53.9 Å². The fraction of sp³-hybridized carbons (Fsp3) is 0.392. The van der Waals surface area contributed by atoms with E-state index in [1.54, 1.807) is 47.4 Å². The molecule has 9 rings (SSSR count). The second-order valence-corrected chi connectivity index (χ2v) is 20.0. The molecule has 66 heavy (non-hydrogen) atoms. The van der Waals surface area contributed by atoms with Crippen LogP contribution >= 0.6 is 23.2 Å². The van der Waals surface area contributed by atoms with Crippen molar-refractivity contribution in [1.82, 2.24) is 20.4 Å². The maximum Gasteiger partial charge on any atom is 0.255 e. The molecule has 4 aromatic carbocycles. The number of anilines is 2. The van der Waals surface area contributed by atoms with Gasteiger partial charge in [0.15, 0.2) is 0 Å². The van der Waals surface area contributed by atoms with E-state index in [0.29, 0.717) is 78.5 Å². The summed E-state index contributed by atoms with van der Waals surface area (Å²) in [6.45, 7) is 8.14. The van der Waals surface area contributed by atoms with E-state index in [1.165, 1.54) is 18.1 Å². The van der Waals surface area contributed by atoms with Crippen molar-refractivity contribution in [2.45, 2.75) is 88.9 Å². The zero-order valence-electron chi connectivity index (χ0n) is 37.2. The van der Waals surface area contributed by atoms with Crippen LogP contribution in [0.25, 0.3) is 0 Å². The van der Waals surface area contributed by atoms with Crippen molar-refractivity contribution in [3.63, 3.8) is 0 Å². The first kappa shape index (κ1) is 45.2. The molecule has 5 atom stereocenters. The van der Waals surface area contributed by atoms with Gasteiger partial charge in [-0.05, 0) is 102 Å². The fourth-order valence-electron chi connectivity index (χ4n) is 10.7. The van der Waals surface area contributed by atoms with Crippen molar-refractivity contribution in [3.05, 3.63) is 122 Å². The minimum atomic E-state index is -0.897. The third-order valence-electron chi connectivity index (χ3n) is 13.8. The van der Waals surface area contributed by atoms with Gasteiger partial charge in [0.05, 0.1) is 23.9 Å². The van der Waals surface area contributed by atoms with Crippen LogP contribution in [0.5, 0.6) is 5.75 Å². The van der Waals surface area contributed by atoms with Gasteiger partial charge in [-0.25, -0.2) is 4.39 Å². The summed E-state index contributed by atoms with van der Waals surface area (Å²) >= 11 is 12.9. The number of carbonyl (C=O) groups is 5. The maximum absolute atomic E-state index is 16.3. The number of hydrogen-bond acceptors (Lipinski definition) is 8. The topological polar surface area (TPSA) is 149 Å². The molecule has 3 fully saturated rings. The van der Waals surface area contributed by atoms with E-state index in [-0.39, 0.29) is 59.0 Å². The molecule has 0 bridgehead atoms. The number of imide groups is 1. The first-order valence-electron chi connectivity index (χ1n) is 22.4. The third-order valence-corrected chi connectivity index (χ3v) is 14.3. The number of nitrogens with one attached hydrogen (secondary N) is 4. The summed E-state index contributed by atoms with van der Waals surface area (Å²) in [4.78, 5) is 69.1. The Morgan fingerprint density at radius 2 is 1.77 bits per heavy atom. The highest BCUT2D eigenvalue weighted by atomic mass is 35.5. The van der Waals surface area contributed by atoms with Gasteiger partial charge in [0, 0.05) is 83.3 Å². The number of benzene rings is 4. The predicted octanol–water partition coefficient (Wildman–Crippen LogP) is 7.67. The minimum Gasteiger partial charge on any atom is -0.495 e. The van der Waals surface area contributed by atoms with E-state index in [1.807, 2.05) is 24.3 Å². The van der Waals surface area contributed by atoms with Gasteiger partial charge in [0.1, 0.15) is 17.6 Å². The van der Waals surface area contributed by atoms with Gasteiger partial charge in [-0.2, -0.15) is 0 Å². The monoisotopic (exact) mass is 932 g/mol. The maximum atomic E-state index is 16.3. The number of piperidine rings is 2. The molecule has 5 aliphatic rings. The summed E-state index contributed by atoms with van der Waals surface area (Å²) in [6.07, 6.45) is 2.51. The normalized spacial score (nSPS) is 23.8. The molecule has 4 aromatic rings. The van der Waals surface area contributed by atoms with Gasteiger partial charge in [0.25, 0.3) is 11.8 Å². The number of fused-ring (bicyclic) bond motifs is 3. The summed E-state index contributed by atoms with van der Waals surface area (Å²) in [6, 6.07) is 19.2. The molecular formula is C51H51Cl2FN6O6. The molecule has 0 aromatic heterocycles. The van der Waals surface area contributed by atoms with E-state index < -0.39 is 35.1 Å². The van der Waals surface area contributed by atoms with Crippen molar-refractivity contribution in [3.8, 4) is 17.6 Å². The quantitative estimate of drug-likeness (QED) is 0.109. The molecule has 5 heterocycles. The summed E-state index contributed by atoms with van der Waals surface area (Å²) < 4.78 is 22.1. The molecule has 12 nitrogen and oxygen atoms in total. The summed E-state index contributed by atoms with van der Waals surface area (Å²) in [5.41, 5.74) is 4.07. The smallest absolute Gasteiger partial charge is 0.255 e. The number of carbonyl (C=O) groups excluding carboxylic acids is 5. The first-order valence-corrected chi connectivity index (χ1v) is 23.1. The average molecular weight is 934 g/mol. The third kappa shape index (κ3) is 8.39. The second-order valence-electron chi connectivity index (χ2n) is 19.2. The predicted molar refractivity (Wildman–Crippen MR) is 250 cm³/mol. The lowest BCUT2D eigenvalue weighted by molar-refractivity contribution is -0.137. The van der Waals surface area contributed by atoms with Gasteiger partial charge in [-0.1, -0.05) is 74.0 Å². The molecule has 0 radical (unpaired) electrons. The lowest BCUT2D eigenvalue weighted by Crippen LogP contribution is -2.52. The van der Waals surface area contributed by atoms with E-state index in [0.717, 1.165) is 22.4 Å². The standard InChI is InChI=1S/C51H51Cl2FN6O6/c1-50(2,3)25-41-51(27-55-38-24-32(52)12-14-35(38)51)43(34-6-5-7-36(53)44(34)54)45(57-41)47(63)56-37-15-11-30(23-40(37)66-4)48(64)59-20-18-28(19-21-59)8-9-29-10-13-33-31(22-29)26-60(49(33)65)39-16-17-42(61)58-46(39)62/h5-7,10-15,22-24,28,39,41,43,45,55,57H,16-21,25-27H2,1-4H3,(H,56,63)(H,58,61,62)/t39?,41-,43-,45+,51-/m0/s1. The molecule has 5 aliphatic heterocycles. The van der Waals surface area contributed by atoms with Crippen LogP contribution in [0.3, 0.4) is 0 Å². The first-order chi connectivity index (χ1) is 31.5. The number of methoxy groups -OCH3 is 1. The van der Waals surface area contributed by atoms with Crippen LogP contribution in [-0.2, 0) is 26.3 Å². The molecule has 5 amide bonds. The average Bonchev–Trinajstić information content (AvgIpc) is 3.93. The molecule has 3 saturated heterocycles. The van der Waals surface area contributed by atoms with Crippen molar-refractivity contribution < 1.29 is 33.1 Å². The SMILES string of the molecule is COc1cc(C(=O)N2CCC(C#Cc3ccc4c(c3)CN(C3CCC(=O)NC3=O)C4=O)CC2)ccc1NC(=O)[C@@H]1N[C@@H](CC(C)(C)C)[C@@]2(CNc3cc(Cl)ccc32)[C@H]1c1cccc(Cl)c1F. The van der Waals surface area contributed by atoms with Crippen LogP contribution in [-0.4, -0.2) is 84.2 Å². The van der Waals surface area contributed by atoms with Crippen molar-refractivity contribution in [2.24, 2.45) is 11.3 Å². The Bertz CT molecular complexity index is 2740. The number of ether oxygens (including phenoxy) is 1. The van der Waals surface area contributed by atoms with Crippen LogP contribution in [0.15, 0.2) is 72.8 Å². The fourth-order valence-corrected chi connectivity index (χ4v) is 11.0. The van der Waals surface area contributed by atoms with Crippen LogP contribution < -0.4 is 26.0 Å². The van der Waals surface area contributed by atoms with Crippen LogP contribution in [0.4, 0.5) is 15.8 Å². The van der Waals surface area contributed by atoms with E-state index in [9.17, 15) is 24.0 Å². The Balaban J connectivity index is 0.887. The highest BCUT2D eigenvalue weighted by molar-refractivity contribution is 6.31. The number of hydrogen-bond donors (Lipinski definition) is 4. The minimum absolute atomic E-state index is 0.0279. The highest BCUT2D eigenvalue weighted by Gasteiger charge is 2.61. The summed E-state index contributed by atoms with van der Waals surface area (Å²) in [5, 5.41) is 13.1. The van der Waals surface area contributed by atoms with Crippen LogP contribution in [0.1, 0.15) is 102 Å². The van der Waals surface area contributed by atoms with Gasteiger partial charge >= 0.3 is 0 Å². The zero-order valence-corrected chi connectivity index (χ0v) is 38.7. The van der Waals surface area contributed by atoms with Crippen molar-refractivity contribution in [1.29, 1.82) is 0 Å². The number of likely N-dealkylation sites (tertiary alicyclic amines) is 1. The van der Waals surface area contributed by atoms with Gasteiger partial charge in [-0.3, -0.25) is 29.3 Å². The van der Waals surface area contributed by atoms with Crippen molar-refractivity contribution >= 4 is 64.1 Å². The Kier molecular flexibility index (Phi) is 12.1. The molecule has 1 spiro atoms. The zero-order chi connectivity index (χ0) is 46.7. The lowest BCUT2D eigenvalue weighted by Gasteiger charge is -2.39. The van der Waals surface area contributed by atoms with Gasteiger partial charge in [0.2, 0.25) is 17.7 Å². The van der Waals surface area contributed by atoms with Crippen LogP contribution in [0.2, 0.25) is 10.0 Å². The Hall–Kier alpha value is -5.94. The Morgan fingerprint density at radius 1 is 0.985 bits per heavy atom. The largest absolute Gasteiger partial charge is 0.495 e. The Morgan fingerprint density at radius 3 is 2.52 bits per heavy atom. The van der Waals surface area contributed by atoms with Crippen molar-refractivity contribution in [2.75, 3.05) is 37.4 Å². The number of nitrogens with zero attached hydrogens (tertiary/aromatic N) is 2. The second kappa shape index (κ2) is 17.7. The summed E-state index contributed by atoms with van der Waals surface area (Å²) in [5.74, 6) is 4.15. The molecule has 342 valence electrons. The Labute approximate surface area is 393 Å². The summed E-state index contributed by atoms with van der Waals surface area (Å²) in [7, 11) is 1.48. The van der Waals surface area contributed by atoms with Crippen LogP contribution in [0, 0.1) is 29.0 Å². The highest BCUT2D eigenvalue weighted by Crippen LogP contribution is 2.56. The molecule has 15 heteroatoms. The van der Waals surface area contributed by atoms with E-state index >= 15 is 4.39 Å². The number of amides is 5. The number of rotatable bonds is 7. The lowest BCUT2D eigenvalue weighted by atomic mass is 9.63. The number of halogens is 3.